The monoisotopic (exact) mass is 197 g/mol. The van der Waals surface area contributed by atoms with E-state index in [0.29, 0.717) is 11.0 Å². The average Bonchev–Trinajstić information content (AvgIpc) is 2.47. The van der Waals surface area contributed by atoms with Gasteiger partial charge in [0.25, 0.3) is 5.56 Å². The first-order chi connectivity index (χ1) is 6.20. The Balaban J connectivity index is 2.91. The number of H-pyrrole nitrogens is 3. The molecule has 68 valence electrons. The molecule has 0 aromatic carbocycles. The summed E-state index contributed by atoms with van der Waals surface area (Å²) in [5.41, 5.74) is -0.389. The maximum atomic E-state index is 11.2. The lowest BCUT2D eigenvalue weighted by molar-refractivity contribution is 1.06. The highest BCUT2D eigenvalue weighted by atomic mass is 32.2. The van der Waals surface area contributed by atoms with Gasteiger partial charge in [-0.2, -0.15) is 0 Å². The van der Waals surface area contributed by atoms with Crippen molar-refractivity contribution in [2.45, 2.75) is 5.03 Å². The summed E-state index contributed by atoms with van der Waals surface area (Å²) in [6, 6.07) is 1.70. The topological polar surface area (TPSA) is 81.5 Å². The van der Waals surface area contributed by atoms with Crippen molar-refractivity contribution >= 4 is 22.8 Å². The first-order valence-electron chi connectivity index (χ1n) is 3.60. The molecular formula is C7H7N3O2S. The molecule has 0 spiro atoms. The van der Waals surface area contributed by atoms with Gasteiger partial charge < -0.3 is 4.98 Å². The first-order valence-corrected chi connectivity index (χ1v) is 4.82. The molecule has 0 bridgehead atoms. The van der Waals surface area contributed by atoms with Crippen molar-refractivity contribution in [3.05, 3.63) is 26.9 Å². The van der Waals surface area contributed by atoms with Crippen LogP contribution in [0.25, 0.3) is 11.0 Å². The van der Waals surface area contributed by atoms with E-state index in [-0.39, 0.29) is 5.56 Å². The zero-order valence-electron chi connectivity index (χ0n) is 6.80. The van der Waals surface area contributed by atoms with Crippen molar-refractivity contribution in [2.24, 2.45) is 0 Å². The average molecular weight is 197 g/mol. The van der Waals surface area contributed by atoms with E-state index >= 15 is 0 Å². The van der Waals surface area contributed by atoms with Crippen LogP contribution < -0.4 is 11.2 Å². The quantitative estimate of drug-likeness (QED) is 0.574. The van der Waals surface area contributed by atoms with Crippen LogP contribution in [0.3, 0.4) is 0 Å². The molecule has 3 N–H and O–H groups in total. The Hall–Kier alpha value is -1.43. The van der Waals surface area contributed by atoms with Crippen molar-refractivity contribution in [2.75, 3.05) is 6.26 Å². The van der Waals surface area contributed by atoms with Gasteiger partial charge in [-0.1, -0.05) is 0 Å². The minimum absolute atomic E-state index is 0.365. The largest absolute Gasteiger partial charge is 0.336 e. The second-order valence-electron chi connectivity index (χ2n) is 2.53. The zero-order chi connectivity index (χ0) is 9.42. The summed E-state index contributed by atoms with van der Waals surface area (Å²) in [4.78, 5) is 29.7. The van der Waals surface area contributed by atoms with E-state index in [4.69, 9.17) is 0 Å². The summed E-state index contributed by atoms with van der Waals surface area (Å²) >= 11 is 1.48. The lowest BCUT2D eigenvalue weighted by Crippen LogP contribution is -2.21. The maximum Gasteiger partial charge on any atom is 0.327 e. The third-order valence-electron chi connectivity index (χ3n) is 1.72. The fraction of sp³-hybridized carbons (Fsp3) is 0.143. The van der Waals surface area contributed by atoms with E-state index in [2.05, 4.69) is 15.0 Å². The van der Waals surface area contributed by atoms with Crippen molar-refractivity contribution in [1.29, 1.82) is 0 Å². The van der Waals surface area contributed by atoms with Gasteiger partial charge in [-0.05, 0) is 12.3 Å². The Kier molecular flexibility index (Phi) is 1.77. The van der Waals surface area contributed by atoms with Gasteiger partial charge in [0, 0.05) is 0 Å². The lowest BCUT2D eigenvalue weighted by atomic mass is 10.4. The van der Waals surface area contributed by atoms with Crippen molar-refractivity contribution < 1.29 is 0 Å². The summed E-state index contributed by atoms with van der Waals surface area (Å²) in [5.74, 6) is 0. The van der Waals surface area contributed by atoms with Gasteiger partial charge >= 0.3 is 5.69 Å². The van der Waals surface area contributed by atoms with Gasteiger partial charge in [0.15, 0.2) is 0 Å². The highest BCUT2D eigenvalue weighted by molar-refractivity contribution is 7.98. The van der Waals surface area contributed by atoms with Crippen LogP contribution in [0.15, 0.2) is 20.7 Å². The molecule has 2 aromatic heterocycles. The van der Waals surface area contributed by atoms with E-state index in [1.807, 2.05) is 6.26 Å². The molecule has 0 saturated carbocycles. The standard InChI is InChI=1S/C7H7N3O2S/c1-13-4-2-3-5(8-4)9-7(12)10-6(3)11/h2H,1H3,(H3,8,9,10,11,12). The van der Waals surface area contributed by atoms with E-state index in [0.717, 1.165) is 5.03 Å². The Bertz CT molecular complexity index is 551. The number of aromatic nitrogens is 3. The molecule has 2 aromatic rings. The van der Waals surface area contributed by atoms with Crippen LogP contribution in [0, 0.1) is 0 Å². The van der Waals surface area contributed by atoms with Crippen molar-refractivity contribution in [3.63, 3.8) is 0 Å². The first kappa shape index (κ1) is 8.18. The second-order valence-corrected chi connectivity index (χ2v) is 3.38. The summed E-state index contributed by atoms with van der Waals surface area (Å²) < 4.78 is 0. The molecule has 0 atom stereocenters. The number of rotatable bonds is 1. The van der Waals surface area contributed by atoms with Crippen molar-refractivity contribution in [1.82, 2.24) is 15.0 Å². The lowest BCUT2D eigenvalue weighted by Gasteiger charge is -1.86. The Morgan fingerprint density at radius 2 is 2.00 bits per heavy atom. The van der Waals surface area contributed by atoms with Gasteiger partial charge in [0.05, 0.1) is 10.4 Å². The van der Waals surface area contributed by atoms with E-state index in [1.54, 1.807) is 6.07 Å². The third-order valence-corrected chi connectivity index (χ3v) is 2.38. The smallest absolute Gasteiger partial charge is 0.327 e. The van der Waals surface area contributed by atoms with Crippen LogP contribution >= 0.6 is 11.8 Å². The minimum atomic E-state index is -0.494. The molecule has 2 heterocycles. The molecule has 0 amide bonds. The Labute approximate surface area is 76.6 Å². The molecule has 2 rings (SSSR count). The Morgan fingerprint density at radius 3 is 2.69 bits per heavy atom. The number of aromatic amines is 3. The number of fused-ring (bicyclic) bond motifs is 1. The molecular weight excluding hydrogens is 190 g/mol. The van der Waals surface area contributed by atoms with Crippen LogP contribution in [0.1, 0.15) is 0 Å². The molecule has 0 unspecified atom stereocenters. The van der Waals surface area contributed by atoms with Gasteiger partial charge in [0.2, 0.25) is 0 Å². The Morgan fingerprint density at radius 1 is 1.23 bits per heavy atom. The molecule has 6 heteroatoms. The summed E-state index contributed by atoms with van der Waals surface area (Å²) in [5, 5.41) is 1.33. The van der Waals surface area contributed by atoms with Gasteiger partial charge in [-0.15, -0.1) is 11.8 Å². The summed E-state index contributed by atoms with van der Waals surface area (Å²) in [6.07, 6.45) is 1.89. The SMILES string of the molecule is CSc1cc2c(=O)[nH]c(=O)[nH]c2[nH]1. The predicted octanol–water partition coefficient (Wildman–Crippen LogP) is 0.266. The zero-order valence-corrected chi connectivity index (χ0v) is 7.62. The van der Waals surface area contributed by atoms with Crippen LogP contribution in [-0.4, -0.2) is 21.2 Å². The molecule has 0 aliphatic heterocycles. The van der Waals surface area contributed by atoms with Gasteiger partial charge in [-0.25, -0.2) is 4.79 Å². The van der Waals surface area contributed by atoms with E-state index in [9.17, 15) is 9.59 Å². The maximum absolute atomic E-state index is 11.2. The van der Waals surface area contributed by atoms with E-state index < -0.39 is 5.69 Å². The van der Waals surface area contributed by atoms with Crippen LogP contribution in [-0.2, 0) is 0 Å². The predicted molar refractivity (Wildman–Crippen MR) is 51.3 cm³/mol. The molecule has 5 nitrogen and oxygen atoms in total. The molecule has 0 fully saturated rings. The molecule has 0 radical (unpaired) electrons. The van der Waals surface area contributed by atoms with Crippen LogP contribution in [0.2, 0.25) is 0 Å². The van der Waals surface area contributed by atoms with Crippen LogP contribution in [0.4, 0.5) is 0 Å². The van der Waals surface area contributed by atoms with Crippen LogP contribution in [0.5, 0.6) is 0 Å². The molecule has 0 saturated heterocycles. The molecule has 0 aliphatic carbocycles. The fourth-order valence-corrected chi connectivity index (χ4v) is 1.57. The number of hydrogen-bond acceptors (Lipinski definition) is 3. The number of hydrogen-bond donors (Lipinski definition) is 3. The highest BCUT2D eigenvalue weighted by Gasteiger charge is 2.03. The fourth-order valence-electron chi connectivity index (χ4n) is 1.13. The minimum Gasteiger partial charge on any atom is -0.336 e. The normalized spacial score (nSPS) is 10.8. The second kappa shape index (κ2) is 2.81. The number of nitrogens with one attached hydrogen (secondary N) is 3. The molecule has 13 heavy (non-hydrogen) atoms. The summed E-state index contributed by atoms with van der Waals surface area (Å²) in [7, 11) is 0. The van der Waals surface area contributed by atoms with Gasteiger partial charge in [0.1, 0.15) is 5.65 Å². The van der Waals surface area contributed by atoms with Gasteiger partial charge in [-0.3, -0.25) is 14.8 Å². The van der Waals surface area contributed by atoms with Crippen molar-refractivity contribution in [3.8, 4) is 0 Å². The highest BCUT2D eigenvalue weighted by Crippen LogP contribution is 2.15. The molecule has 0 aliphatic rings. The third kappa shape index (κ3) is 1.29. The summed E-state index contributed by atoms with van der Waals surface area (Å²) in [6.45, 7) is 0. The number of thioether (sulfide) groups is 1. The van der Waals surface area contributed by atoms with E-state index in [1.165, 1.54) is 11.8 Å².